The fraction of sp³-hybridized carbons (Fsp3) is 0.545. The van der Waals surface area contributed by atoms with Gasteiger partial charge in [-0.25, -0.2) is 9.78 Å². The minimum Gasteiger partial charge on any atom is -0.477 e. The second-order valence-electron chi connectivity index (χ2n) is 4.42. The topological polar surface area (TPSA) is 119 Å². The van der Waals surface area contributed by atoms with Gasteiger partial charge in [0.25, 0.3) is 0 Å². The Morgan fingerprint density at radius 2 is 2.45 bits per heavy atom. The zero-order chi connectivity index (χ0) is 14.7. The van der Waals surface area contributed by atoms with Crippen molar-refractivity contribution in [3.05, 3.63) is 21.0 Å². The Hall–Kier alpha value is -2.12. The number of carbonyl (C=O) groups is 2. The third-order valence-electron chi connectivity index (χ3n) is 3.05. The van der Waals surface area contributed by atoms with Crippen molar-refractivity contribution in [3.8, 4) is 0 Å². The summed E-state index contributed by atoms with van der Waals surface area (Å²) in [6.45, 7) is 2.49. The van der Waals surface area contributed by atoms with Crippen LogP contribution in [-0.2, 0) is 11.2 Å². The van der Waals surface area contributed by atoms with Gasteiger partial charge in [0.05, 0.1) is 5.69 Å². The summed E-state index contributed by atoms with van der Waals surface area (Å²) in [6, 6.07) is 0. The zero-order valence-electron chi connectivity index (χ0n) is 10.8. The van der Waals surface area contributed by atoms with Crippen LogP contribution in [0.1, 0.15) is 28.7 Å². The number of hydrogen-bond acceptors (Lipinski definition) is 5. The van der Waals surface area contributed by atoms with Crippen LogP contribution in [0.15, 0.2) is 5.11 Å². The van der Waals surface area contributed by atoms with E-state index < -0.39 is 5.97 Å². The molecule has 106 valence electrons. The molecule has 20 heavy (non-hydrogen) atoms. The van der Waals surface area contributed by atoms with Crippen LogP contribution >= 0.6 is 11.3 Å². The van der Waals surface area contributed by atoms with Crippen molar-refractivity contribution in [2.45, 2.75) is 19.8 Å². The fourth-order valence-electron chi connectivity index (χ4n) is 2.10. The summed E-state index contributed by atoms with van der Waals surface area (Å²) in [5, 5.41) is 13.0. The third-order valence-corrected chi connectivity index (χ3v) is 4.16. The number of aromatic nitrogens is 1. The lowest BCUT2D eigenvalue weighted by Crippen LogP contribution is -2.24. The molecule has 9 heteroatoms. The van der Waals surface area contributed by atoms with Crippen LogP contribution in [0.4, 0.5) is 5.13 Å². The first-order chi connectivity index (χ1) is 9.56. The Morgan fingerprint density at radius 1 is 1.70 bits per heavy atom. The Kier molecular flexibility index (Phi) is 4.21. The van der Waals surface area contributed by atoms with Crippen LogP contribution in [0, 0.1) is 5.92 Å². The zero-order valence-corrected chi connectivity index (χ0v) is 11.6. The van der Waals surface area contributed by atoms with E-state index >= 15 is 0 Å². The van der Waals surface area contributed by atoms with Gasteiger partial charge in [-0.15, -0.1) is 0 Å². The highest BCUT2D eigenvalue weighted by Gasteiger charge is 2.33. The molecule has 0 aromatic carbocycles. The molecule has 1 aliphatic rings. The van der Waals surface area contributed by atoms with Gasteiger partial charge in [0.1, 0.15) is 4.88 Å². The maximum atomic E-state index is 11.9. The normalized spacial score (nSPS) is 18.1. The van der Waals surface area contributed by atoms with Crippen LogP contribution in [-0.4, -0.2) is 35.1 Å². The van der Waals surface area contributed by atoms with E-state index in [-0.39, 0.29) is 23.2 Å². The summed E-state index contributed by atoms with van der Waals surface area (Å²) in [6.07, 6.45) is 0.796. The van der Waals surface area contributed by atoms with Crippen LogP contribution in [0.3, 0.4) is 0 Å². The van der Waals surface area contributed by atoms with Gasteiger partial charge in [0.2, 0.25) is 5.91 Å². The highest BCUT2D eigenvalue weighted by atomic mass is 32.1. The number of azide groups is 1. The molecule has 1 atom stereocenters. The number of aromatic carboxylic acids is 1. The van der Waals surface area contributed by atoms with E-state index in [0.29, 0.717) is 30.2 Å². The highest BCUT2D eigenvalue weighted by Crippen LogP contribution is 2.31. The van der Waals surface area contributed by atoms with Gasteiger partial charge in [-0.2, -0.15) is 0 Å². The Bertz CT molecular complexity index is 593. The molecule has 0 radical (unpaired) electrons. The Morgan fingerprint density at radius 3 is 3.00 bits per heavy atom. The van der Waals surface area contributed by atoms with E-state index in [9.17, 15) is 9.59 Å². The molecule has 0 bridgehead atoms. The first-order valence-electron chi connectivity index (χ1n) is 6.11. The minimum absolute atomic E-state index is 0.0411. The molecule has 2 heterocycles. The number of amides is 1. The molecule has 8 nitrogen and oxygen atoms in total. The molecular weight excluding hydrogens is 282 g/mol. The first-order valence-corrected chi connectivity index (χ1v) is 6.92. The smallest absolute Gasteiger partial charge is 0.347 e. The lowest BCUT2D eigenvalue weighted by molar-refractivity contribution is -0.117. The molecule has 1 unspecified atom stereocenters. The Labute approximate surface area is 118 Å². The van der Waals surface area contributed by atoms with E-state index in [1.807, 2.05) is 6.92 Å². The van der Waals surface area contributed by atoms with Gasteiger partial charge in [0.15, 0.2) is 5.13 Å². The summed E-state index contributed by atoms with van der Waals surface area (Å²) in [4.78, 5) is 31.6. The number of carboxylic acid groups (broad SMARTS) is 1. The number of hydrogen-bond donors (Lipinski definition) is 1. The van der Waals surface area contributed by atoms with E-state index in [0.717, 1.165) is 11.3 Å². The highest BCUT2D eigenvalue weighted by molar-refractivity contribution is 7.17. The average molecular weight is 295 g/mol. The molecule has 0 aliphatic carbocycles. The van der Waals surface area contributed by atoms with Crippen molar-refractivity contribution in [2.24, 2.45) is 11.0 Å². The van der Waals surface area contributed by atoms with E-state index in [1.165, 1.54) is 4.90 Å². The minimum atomic E-state index is -1.03. The van der Waals surface area contributed by atoms with Crippen LogP contribution in [0.25, 0.3) is 10.4 Å². The number of rotatable bonds is 5. The number of anilines is 1. The van der Waals surface area contributed by atoms with Crippen molar-refractivity contribution in [3.63, 3.8) is 0 Å². The van der Waals surface area contributed by atoms with Crippen molar-refractivity contribution < 1.29 is 14.7 Å². The SMILES string of the molecule is CCc1nc(N2CC(CN=[N+]=[N-])CC2=O)sc1C(=O)O. The average Bonchev–Trinajstić information content (AvgIpc) is 2.99. The van der Waals surface area contributed by atoms with Gasteiger partial charge >= 0.3 is 5.97 Å². The third kappa shape index (κ3) is 2.73. The second kappa shape index (κ2) is 5.89. The maximum absolute atomic E-state index is 11.9. The molecule has 1 saturated heterocycles. The standard InChI is InChI=1S/C11H13N5O3S/c1-2-7-9(10(18)19)20-11(14-7)16-5-6(3-8(16)17)4-13-15-12/h6H,2-5H2,1H3,(H,18,19). The van der Waals surface area contributed by atoms with Gasteiger partial charge < -0.3 is 5.11 Å². The first kappa shape index (κ1) is 14.3. The predicted molar refractivity (Wildman–Crippen MR) is 72.9 cm³/mol. The quantitative estimate of drug-likeness (QED) is 0.508. The molecule has 1 aromatic heterocycles. The molecule has 1 amide bonds. The molecule has 0 spiro atoms. The number of thiazole rings is 1. The number of carbonyl (C=O) groups excluding carboxylic acids is 1. The van der Waals surface area contributed by atoms with E-state index in [1.54, 1.807) is 0 Å². The summed E-state index contributed by atoms with van der Waals surface area (Å²) in [5.74, 6) is -1.18. The molecule has 1 aliphatic heterocycles. The molecule has 1 aromatic rings. The number of carboxylic acids is 1. The summed E-state index contributed by atoms with van der Waals surface area (Å²) in [5.41, 5.74) is 8.78. The monoisotopic (exact) mass is 295 g/mol. The Balaban J connectivity index is 2.21. The van der Waals surface area contributed by atoms with Gasteiger partial charge in [0, 0.05) is 24.4 Å². The van der Waals surface area contributed by atoms with Crippen molar-refractivity contribution >= 4 is 28.3 Å². The van der Waals surface area contributed by atoms with Crippen molar-refractivity contribution in [1.82, 2.24) is 4.98 Å². The summed E-state index contributed by atoms with van der Waals surface area (Å²) >= 11 is 1.01. The number of nitrogens with zero attached hydrogens (tertiary/aromatic N) is 5. The second-order valence-corrected chi connectivity index (χ2v) is 5.40. The molecule has 1 N–H and O–H groups in total. The molecule has 0 saturated carbocycles. The largest absolute Gasteiger partial charge is 0.477 e. The lowest BCUT2D eigenvalue weighted by atomic mass is 10.1. The van der Waals surface area contributed by atoms with Gasteiger partial charge in [-0.1, -0.05) is 23.4 Å². The van der Waals surface area contributed by atoms with E-state index in [2.05, 4.69) is 15.0 Å². The maximum Gasteiger partial charge on any atom is 0.347 e. The van der Waals surface area contributed by atoms with Gasteiger partial charge in [-0.3, -0.25) is 9.69 Å². The molecular formula is C11H13N5O3S. The fourth-order valence-corrected chi connectivity index (χ4v) is 3.12. The summed E-state index contributed by atoms with van der Waals surface area (Å²) in [7, 11) is 0. The predicted octanol–water partition coefficient (Wildman–Crippen LogP) is 2.07. The summed E-state index contributed by atoms with van der Waals surface area (Å²) < 4.78 is 0. The van der Waals surface area contributed by atoms with E-state index in [4.69, 9.17) is 10.6 Å². The van der Waals surface area contributed by atoms with Gasteiger partial charge in [-0.05, 0) is 17.9 Å². The van der Waals surface area contributed by atoms with Crippen LogP contribution in [0.2, 0.25) is 0 Å². The molecule has 1 fully saturated rings. The van der Waals surface area contributed by atoms with Crippen molar-refractivity contribution in [1.29, 1.82) is 0 Å². The molecule has 2 rings (SSSR count). The number of aryl methyl sites for hydroxylation is 1. The lowest BCUT2D eigenvalue weighted by Gasteiger charge is -2.11. The van der Waals surface area contributed by atoms with Crippen molar-refractivity contribution in [2.75, 3.05) is 18.0 Å². The van der Waals surface area contributed by atoms with Crippen LogP contribution in [0.5, 0.6) is 0 Å². The van der Waals surface area contributed by atoms with Crippen LogP contribution < -0.4 is 4.90 Å².